The zero-order valence-corrected chi connectivity index (χ0v) is 17.4. The van der Waals surface area contributed by atoms with Crippen LogP contribution in [0.3, 0.4) is 0 Å². The van der Waals surface area contributed by atoms with Gasteiger partial charge in [-0.15, -0.1) is 0 Å². The van der Waals surface area contributed by atoms with E-state index in [1.54, 1.807) is 31.2 Å². The summed E-state index contributed by atoms with van der Waals surface area (Å²) in [5, 5.41) is 16.8. The average molecular weight is 398 g/mol. The van der Waals surface area contributed by atoms with E-state index < -0.39 is 24.0 Å². The van der Waals surface area contributed by atoms with E-state index in [0.717, 1.165) is 0 Å². The number of ether oxygens (including phenoxy) is 1. The van der Waals surface area contributed by atoms with Crippen LogP contribution in [0.15, 0.2) is 29.1 Å². The molecule has 1 N–H and O–H groups in total. The maximum atomic E-state index is 12.6. The minimum Gasteiger partial charge on any atom is -0.451 e. The van der Waals surface area contributed by atoms with Gasteiger partial charge >= 0.3 is 5.97 Å². The number of hydrogen-bond acceptors (Lipinski definition) is 6. The summed E-state index contributed by atoms with van der Waals surface area (Å²) < 4.78 is 6.37. The lowest BCUT2D eigenvalue weighted by molar-refractivity contribution is -0.125. The first-order valence-electron chi connectivity index (χ1n) is 9.48. The molecule has 0 aliphatic heterocycles. The Morgan fingerprint density at radius 1 is 1.24 bits per heavy atom. The van der Waals surface area contributed by atoms with Gasteiger partial charge in [0.05, 0.1) is 11.5 Å². The number of carbonyl (C=O) groups excluding carboxylic acids is 2. The van der Waals surface area contributed by atoms with Crippen LogP contribution in [0, 0.1) is 23.2 Å². The molecule has 0 unspecified atom stereocenters. The SMILES string of the molecule is CC(C)Cn1nc(C(=O)OCC(=O)N[C@](C)(C#N)C(C)C)c2ccccc2c1=O. The van der Waals surface area contributed by atoms with E-state index >= 15 is 0 Å². The first-order chi connectivity index (χ1) is 13.6. The number of carbonyl (C=O) groups is 2. The van der Waals surface area contributed by atoms with Crippen molar-refractivity contribution in [1.29, 1.82) is 5.26 Å². The van der Waals surface area contributed by atoms with E-state index in [-0.39, 0.29) is 23.1 Å². The lowest BCUT2D eigenvalue weighted by atomic mass is 9.90. The Labute approximate surface area is 169 Å². The van der Waals surface area contributed by atoms with Crippen molar-refractivity contribution in [2.75, 3.05) is 6.61 Å². The fourth-order valence-corrected chi connectivity index (χ4v) is 2.68. The molecule has 0 radical (unpaired) electrons. The summed E-state index contributed by atoms with van der Waals surface area (Å²) in [7, 11) is 0. The average Bonchev–Trinajstić information content (AvgIpc) is 2.67. The number of benzene rings is 1. The van der Waals surface area contributed by atoms with Gasteiger partial charge in [0, 0.05) is 11.9 Å². The van der Waals surface area contributed by atoms with Gasteiger partial charge in [0.2, 0.25) is 0 Å². The van der Waals surface area contributed by atoms with Crippen LogP contribution in [-0.4, -0.2) is 33.8 Å². The minimum absolute atomic E-state index is 0.0273. The second-order valence-corrected chi connectivity index (χ2v) is 7.87. The summed E-state index contributed by atoms with van der Waals surface area (Å²) in [5.74, 6) is -1.37. The number of nitrogens with one attached hydrogen (secondary N) is 1. The van der Waals surface area contributed by atoms with Crippen molar-refractivity contribution in [2.45, 2.75) is 46.7 Å². The zero-order valence-electron chi connectivity index (χ0n) is 17.4. The van der Waals surface area contributed by atoms with Gasteiger partial charge in [0.25, 0.3) is 11.5 Å². The lowest BCUT2D eigenvalue weighted by Crippen LogP contribution is -2.50. The third-order valence-electron chi connectivity index (χ3n) is 4.72. The number of amides is 1. The molecule has 29 heavy (non-hydrogen) atoms. The highest BCUT2D eigenvalue weighted by Gasteiger charge is 2.30. The van der Waals surface area contributed by atoms with Gasteiger partial charge in [-0.2, -0.15) is 10.4 Å². The van der Waals surface area contributed by atoms with Gasteiger partial charge in [-0.05, 0) is 24.8 Å². The summed E-state index contributed by atoms with van der Waals surface area (Å²) in [6.07, 6.45) is 0. The van der Waals surface area contributed by atoms with Crippen LogP contribution in [0.2, 0.25) is 0 Å². The van der Waals surface area contributed by atoms with Crippen LogP contribution in [0.4, 0.5) is 0 Å². The Kier molecular flexibility index (Phi) is 6.75. The summed E-state index contributed by atoms with van der Waals surface area (Å²) in [5.41, 5.74) is -1.38. The molecular weight excluding hydrogens is 372 g/mol. The van der Waals surface area contributed by atoms with Crippen molar-refractivity contribution >= 4 is 22.6 Å². The zero-order chi connectivity index (χ0) is 21.8. The van der Waals surface area contributed by atoms with E-state index in [9.17, 15) is 19.6 Å². The highest BCUT2D eigenvalue weighted by Crippen LogP contribution is 2.16. The maximum absolute atomic E-state index is 12.6. The number of hydrogen-bond donors (Lipinski definition) is 1. The van der Waals surface area contributed by atoms with Crippen LogP contribution >= 0.6 is 0 Å². The van der Waals surface area contributed by atoms with E-state index in [1.165, 1.54) is 4.68 Å². The number of fused-ring (bicyclic) bond motifs is 1. The standard InChI is InChI=1S/C21H26N4O4/c1-13(2)10-25-19(27)16-9-7-6-8-15(16)18(24-25)20(28)29-11-17(26)23-21(5,12-22)14(3)4/h6-9,13-14H,10-11H2,1-5H3,(H,23,26)/t21-/m1/s1. The van der Waals surface area contributed by atoms with Crippen LogP contribution in [0.1, 0.15) is 45.1 Å². The molecule has 0 saturated heterocycles. The van der Waals surface area contributed by atoms with Crippen LogP contribution in [0.25, 0.3) is 10.8 Å². The second kappa shape index (κ2) is 8.86. The largest absolute Gasteiger partial charge is 0.451 e. The number of rotatable bonds is 7. The predicted octanol–water partition coefficient (Wildman–Crippen LogP) is 2.26. The van der Waals surface area contributed by atoms with E-state index in [0.29, 0.717) is 17.3 Å². The maximum Gasteiger partial charge on any atom is 0.359 e. The molecule has 8 heteroatoms. The number of nitriles is 1. The Hall–Kier alpha value is -3.21. The van der Waals surface area contributed by atoms with Crippen LogP contribution in [-0.2, 0) is 16.1 Å². The van der Waals surface area contributed by atoms with Crippen molar-refractivity contribution in [2.24, 2.45) is 11.8 Å². The highest BCUT2D eigenvalue weighted by atomic mass is 16.5. The summed E-state index contributed by atoms with van der Waals surface area (Å²) in [4.78, 5) is 37.4. The predicted molar refractivity (Wildman–Crippen MR) is 108 cm³/mol. The van der Waals surface area contributed by atoms with Crippen LogP contribution < -0.4 is 10.9 Å². The molecule has 1 atom stereocenters. The van der Waals surface area contributed by atoms with Gasteiger partial charge in [0.1, 0.15) is 5.54 Å². The fraction of sp³-hybridized carbons (Fsp3) is 0.476. The molecule has 1 aromatic heterocycles. The first-order valence-corrected chi connectivity index (χ1v) is 9.48. The van der Waals surface area contributed by atoms with Crippen molar-refractivity contribution in [3.8, 4) is 6.07 Å². The molecular formula is C21H26N4O4. The molecule has 1 aromatic carbocycles. The second-order valence-electron chi connectivity index (χ2n) is 7.87. The van der Waals surface area contributed by atoms with Gasteiger partial charge in [-0.1, -0.05) is 45.9 Å². The quantitative estimate of drug-likeness (QED) is 0.716. The van der Waals surface area contributed by atoms with Crippen LogP contribution in [0.5, 0.6) is 0 Å². The van der Waals surface area contributed by atoms with Crippen molar-refractivity contribution in [1.82, 2.24) is 15.1 Å². The number of esters is 1. The number of aromatic nitrogens is 2. The molecule has 154 valence electrons. The molecule has 0 aliphatic rings. The van der Waals surface area contributed by atoms with Crippen molar-refractivity contribution in [3.05, 3.63) is 40.3 Å². The molecule has 0 fully saturated rings. The van der Waals surface area contributed by atoms with Crippen molar-refractivity contribution in [3.63, 3.8) is 0 Å². The van der Waals surface area contributed by atoms with E-state index in [2.05, 4.69) is 16.5 Å². The normalized spacial score (nSPS) is 13.2. The Morgan fingerprint density at radius 2 is 1.86 bits per heavy atom. The summed E-state index contributed by atoms with van der Waals surface area (Å²) >= 11 is 0. The molecule has 1 amide bonds. The highest BCUT2D eigenvalue weighted by molar-refractivity contribution is 6.02. The molecule has 2 aromatic rings. The third-order valence-corrected chi connectivity index (χ3v) is 4.72. The van der Waals surface area contributed by atoms with E-state index in [1.807, 2.05) is 27.7 Å². The summed E-state index contributed by atoms with van der Waals surface area (Å²) in [6.45, 7) is 8.89. The van der Waals surface area contributed by atoms with E-state index in [4.69, 9.17) is 4.74 Å². The molecule has 0 saturated carbocycles. The van der Waals surface area contributed by atoms with Crippen molar-refractivity contribution < 1.29 is 14.3 Å². The molecule has 0 spiro atoms. The van der Waals surface area contributed by atoms with Gasteiger partial charge in [-0.25, -0.2) is 9.48 Å². The monoisotopic (exact) mass is 398 g/mol. The third kappa shape index (κ3) is 4.99. The molecule has 2 rings (SSSR count). The summed E-state index contributed by atoms with van der Waals surface area (Å²) in [6, 6.07) is 8.71. The number of nitrogens with zero attached hydrogens (tertiary/aromatic N) is 3. The smallest absolute Gasteiger partial charge is 0.359 e. The van der Waals surface area contributed by atoms with Gasteiger partial charge in [0.15, 0.2) is 12.3 Å². The fourth-order valence-electron chi connectivity index (χ4n) is 2.68. The van der Waals surface area contributed by atoms with Gasteiger partial charge < -0.3 is 10.1 Å². The Morgan fingerprint density at radius 3 is 2.41 bits per heavy atom. The first kappa shape index (κ1) is 22.1. The topological polar surface area (TPSA) is 114 Å². The molecule has 1 heterocycles. The molecule has 0 bridgehead atoms. The minimum atomic E-state index is -1.07. The molecule has 0 aliphatic carbocycles. The lowest BCUT2D eigenvalue weighted by Gasteiger charge is -2.27. The Balaban J connectivity index is 2.27. The Bertz CT molecular complexity index is 1020. The molecule has 8 nitrogen and oxygen atoms in total. The van der Waals surface area contributed by atoms with Gasteiger partial charge in [-0.3, -0.25) is 9.59 Å².